The monoisotopic (exact) mass is 470 g/mol. The number of allylic oxidation sites excluding steroid dienone is 2. The molecule has 0 heteroatoms. The standard InChI is InChI=1S/C35H50/c1-3-5-6-7-8-9-10-11-29-14-18-31(19-15-29)33-22-26-35(27-23-33)34-24-20-32(21-25-34)30-16-12-28(4-2)13-17-30/h18,20-30H,3-17,19H2,1-2H3. The third-order valence-electron chi connectivity index (χ3n) is 9.13. The van der Waals surface area contributed by atoms with E-state index in [9.17, 15) is 0 Å². The third-order valence-corrected chi connectivity index (χ3v) is 9.13. The highest BCUT2D eigenvalue weighted by atomic mass is 14.3. The molecule has 0 aromatic heterocycles. The molecular formula is C35H50. The van der Waals surface area contributed by atoms with Crippen molar-refractivity contribution in [1.82, 2.24) is 0 Å². The predicted molar refractivity (Wildman–Crippen MR) is 155 cm³/mol. The number of unbranched alkanes of at least 4 members (excludes halogenated alkanes) is 6. The first-order valence-corrected chi connectivity index (χ1v) is 15.2. The summed E-state index contributed by atoms with van der Waals surface area (Å²) in [5, 5.41) is 0. The second kappa shape index (κ2) is 14.1. The molecule has 0 heterocycles. The predicted octanol–water partition coefficient (Wildman–Crippen LogP) is 11.4. The zero-order valence-electron chi connectivity index (χ0n) is 22.7. The number of rotatable bonds is 12. The molecule has 0 nitrogen and oxygen atoms in total. The SMILES string of the molecule is CCCCCCCCCC1CC=C(c2ccc(-c3ccc(C4CCC(CC)CC4)cc3)cc2)CC1. The van der Waals surface area contributed by atoms with Gasteiger partial charge in [-0.2, -0.15) is 0 Å². The molecule has 0 bridgehead atoms. The van der Waals surface area contributed by atoms with E-state index < -0.39 is 0 Å². The van der Waals surface area contributed by atoms with Crippen LogP contribution in [0.2, 0.25) is 0 Å². The summed E-state index contributed by atoms with van der Waals surface area (Å²) in [6, 6.07) is 18.9. The highest BCUT2D eigenvalue weighted by Gasteiger charge is 2.21. The molecule has 0 spiro atoms. The van der Waals surface area contributed by atoms with Crippen molar-refractivity contribution < 1.29 is 0 Å². The van der Waals surface area contributed by atoms with Gasteiger partial charge in [-0.1, -0.05) is 126 Å². The van der Waals surface area contributed by atoms with Gasteiger partial charge in [0, 0.05) is 0 Å². The first kappa shape index (κ1) is 26.2. The summed E-state index contributed by atoms with van der Waals surface area (Å²) in [6.07, 6.45) is 24.8. The van der Waals surface area contributed by atoms with Crippen molar-refractivity contribution in [1.29, 1.82) is 0 Å². The van der Waals surface area contributed by atoms with Gasteiger partial charge in [0.2, 0.25) is 0 Å². The topological polar surface area (TPSA) is 0 Å². The first-order chi connectivity index (χ1) is 17.3. The Morgan fingerprint density at radius 1 is 0.600 bits per heavy atom. The van der Waals surface area contributed by atoms with Gasteiger partial charge in [-0.25, -0.2) is 0 Å². The molecule has 0 amide bonds. The van der Waals surface area contributed by atoms with E-state index in [1.54, 1.807) is 11.1 Å². The lowest BCUT2D eigenvalue weighted by Crippen LogP contribution is -2.12. The van der Waals surface area contributed by atoms with Crippen LogP contribution in [0.15, 0.2) is 54.6 Å². The summed E-state index contributed by atoms with van der Waals surface area (Å²) >= 11 is 0. The van der Waals surface area contributed by atoms with Crippen LogP contribution in [0.25, 0.3) is 16.7 Å². The summed E-state index contributed by atoms with van der Waals surface area (Å²) in [5.41, 5.74) is 7.27. The summed E-state index contributed by atoms with van der Waals surface area (Å²) < 4.78 is 0. The van der Waals surface area contributed by atoms with Crippen molar-refractivity contribution in [2.24, 2.45) is 11.8 Å². The molecule has 4 rings (SSSR count). The van der Waals surface area contributed by atoms with Gasteiger partial charge in [0.1, 0.15) is 0 Å². The third kappa shape index (κ3) is 7.83. The van der Waals surface area contributed by atoms with Gasteiger partial charge in [-0.05, 0) is 90.5 Å². The van der Waals surface area contributed by atoms with Crippen LogP contribution >= 0.6 is 0 Å². The van der Waals surface area contributed by atoms with Gasteiger partial charge in [-0.15, -0.1) is 0 Å². The average Bonchev–Trinajstić information content (AvgIpc) is 2.93. The highest BCUT2D eigenvalue weighted by Crippen LogP contribution is 2.38. The molecular weight excluding hydrogens is 420 g/mol. The van der Waals surface area contributed by atoms with Gasteiger partial charge in [0.05, 0.1) is 0 Å². The fraction of sp³-hybridized carbons (Fsp3) is 0.600. The van der Waals surface area contributed by atoms with E-state index in [4.69, 9.17) is 0 Å². The number of hydrogen-bond acceptors (Lipinski definition) is 0. The van der Waals surface area contributed by atoms with Gasteiger partial charge in [0.15, 0.2) is 0 Å². The van der Waals surface area contributed by atoms with Crippen molar-refractivity contribution in [2.45, 2.75) is 122 Å². The van der Waals surface area contributed by atoms with Crippen LogP contribution in [0.3, 0.4) is 0 Å². The minimum absolute atomic E-state index is 0.780. The highest BCUT2D eigenvalue weighted by molar-refractivity contribution is 5.71. The van der Waals surface area contributed by atoms with Gasteiger partial charge < -0.3 is 0 Å². The Bertz CT molecular complexity index is 877. The average molecular weight is 471 g/mol. The van der Waals surface area contributed by atoms with E-state index in [2.05, 4.69) is 68.5 Å². The zero-order chi connectivity index (χ0) is 24.3. The summed E-state index contributed by atoms with van der Waals surface area (Å²) in [5.74, 6) is 2.67. The lowest BCUT2D eigenvalue weighted by atomic mass is 9.77. The second-order valence-corrected chi connectivity index (χ2v) is 11.6. The normalized spacial score (nSPS) is 22.7. The fourth-order valence-electron chi connectivity index (χ4n) is 6.53. The lowest BCUT2D eigenvalue weighted by molar-refractivity contribution is 0.319. The Hall–Kier alpha value is -1.82. The van der Waals surface area contributed by atoms with Crippen molar-refractivity contribution in [3.8, 4) is 11.1 Å². The second-order valence-electron chi connectivity index (χ2n) is 11.6. The minimum Gasteiger partial charge on any atom is -0.0804 e. The molecule has 35 heavy (non-hydrogen) atoms. The Morgan fingerprint density at radius 3 is 1.80 bits per heavy atom. The molecule has 0 radical (unpaired) electrons. The summed E-state index contributed by atoms with van der Waals surface area (Å²) in [4.78, 5) is 0. The van der Waals surface area contributed by atoms with E-state index in [-0.39, 0.29) is 0 Å². The molecule has 190 valence electrons. The fourth-order valence-corrected chi connectivity index (χ4v) is 6.53. The van der Waals surface area contributed by atoms with Gasteiger partial charge in [-0.3, -0.25) is 0 Å². The van der Waals surface area contributed by atoms with Crippen molar-refractivity contribution in [2.75, 3.05) is 0 Å². The molecule has 1 saturated carbocycles. The molecule has 1 atom stereocenters. The van der Waals surface area contributed by atoms with Gasteiger partial charge >= 0.3 is 0 Å². The molecule has 2 aliphatic rings. The van der Waals surface area contributed by atoms with Crippen LogP contribution in [0.5, 0.6) is 0 Å². The quantitative estimate of drug-likeness (QED) is 0.270. The number of benzene rings is 2. The number of hydrogen-bond donors (Lipinski definition) is 0. The molecule has 1 unspecified atom stereocenters. The molecule has 2 aliphatic carbocycles. The van der Waals surface area contributed by atoms with E-state index in [0.717, 1.165) is 17.8 Å². The van der Waals surface area contributed by atoms with Crippen LogP contribution in [0.4, 0.5) is 0 Å². The first-order valence-electron chi connectivity index (χ1n) is 15.2. The smallest absolute Gasteiger partial charge is 0.0162 e. The molecule has 1 fully saturated rings. The lowest BCUT2D eigenvalue weighted by Gasteiger charge is -2.28. The van der Waals surface area contributed by atoms with Crippen LogP contribution in [0, 0.1) is 11.8 Å². The van der Waals surface area contributed by atoms with E-state index in [0.29, 0.717) is 0 Å². The van der Waals surface area contributed by atoms with Crippen LogP contribution < -0.4 is 0 Å². The molecule has 0 aliphatic heterocycles. The maximum Gasteiger partial charge on any atom is -0.0162 e. The summed E-state index contributed by atoms with van der Waals surface area (Å²) in [6.45, 7) is 4.65. The van der Waals surface area contributed by atoms with Crippen LogP contribution in [-0.2, 0) is 0 Å². The maximum atomic E-state index is 2.55. The summed E-state index contributed by atoms with van der Waals surface area (Å²) in [7, 11) is 0. The van der Waals surface area contributed by atoms with Crippen molar-refractivity contribution >= 4 is 5.57 Å². The zero-order valence-corrected chi connectivity index (χ0v) is 22.7. The van der Waals surface area contributed by atoms with Crippen molar-refractivity contribution in [3.05, 3.63) is 65.7 Å². The Morgan fingerprint density at radius 2 is 1.20 bits per heavy atom. The molecule has 2 aromatic carbocycles. The molecule has 0 N–H and O–H groups in total. The van der Waals surface area contributed by atoms with E-state index >= 15 is 0 Å². The van der Waals surface area contributed by atoms with Gasteiger partial charge in [0.25, 0.3) is 0 Å². The Labute approximate surface area is 216 Å². The minimum atomic E-state index is 0.780. The van der Waals surface area contributed by atoms with E-state index in [1.165, 1.54) is 119 Å². The van der Waals surface area contributed by atoms with Crippen molar-refractivity contribution in [3.63, 3.8) is 0 Å². The van der Waals surface area contributed by atoms with Crippen LogP contribution in [0.1, 0.15) is 134 Å². The van der Waals surface area contributed by atoms with Crippen LogP contribution in [-0.4, -0.2) is 0 Å². The Kier molecular flexibility index (Phi) is 10.5. The largest absolute Gasteiger partial charge is 0.0804 e. The Balaban J connectivity index is 1.23. The molecule has 0 saturated heterocycles. The molecule has 2 aromatic rings. The maximum absolute atomic E-state index is 2.55. The van der Waals surface area contributed by atoms with E-state index in [1.807, 2.05) is 0 Å².